The Labute approximate surface area is 155 Å². The molecule has 7 heteroatoms. The van der Waals surface area contributed by atoms with Crippen molar-refractivity contribution in [2.75, 3.05) is 7.11 Å². The summed E-state index contributed by atoms with van der Waals surface area (Å²) in [4.78, 5) is 9.62. The van der Waals surface area contributed by atoms with E-state index in [9.17, 15) is 5.26 Å². The van der Waals surface area contributed by atoms with Gasteiger partial charge in [0.2, 0.25) is 0 Å². The van der Waals surface area contributed by atoms with Gasteiger partial charge in [0.1, 0.15) is 24.0 Å². The molecule has 0 radical (unpaired) electrons. The van der Waals surface area contributed by atoms with Crippen LogP contribution in [-0.2, 0) is 11.4 Å². The summed E-state index contributed by atoms with van der Waals surface area (Å²) >= 11 is 5.85. The number of halogens is 1. The lowest BCUT2D eigenvalue weighted by atomic mass is 10.2. The summed E-state index contributed by atoms with van der Waals surface area (Å²) in [6.45, 7) is 0.329. The van der Waals surface area contributed by atoms with Crippen molar-refractivity contribution < 1.29 is 9.57 Å². The normalized spacial score (nSPS) is 10.7. The maximum atomic E-state index is 9.43. The first kappa shape index (κ1) is 17.5. The summed E-state index contributed by atoms with van der Waals surface area (Å²) in [5.41, 5.74) is 2.03. The van der Waals surface area contributed by atoms with Crippen LogP contribution in [0.4, 0.5) is 0 Å². The fourth-order valence-corrected chi connectivity index (χ4v) is 2.49. The van der Waals surface area contributed by atoms with E-state index in [1.54, 1.807) is 41.4 Å². The Morgan fingerprint density at radius 3 is 2.81 bits per heavy atom. The van der Waals surface area contributed by atoms with Crippen molar-refractivity contribution in [1.82, 2.24) is 9.55 Å². The van der Waals surface area contributed by atoms with Gasteiger partial charge in [-0.25, -0.2) is 4.98 Å². The molecule has 6 nitrogen and oxygen atoms in total. The zero-order valence-corrected chi connectivity index (χ0v) is 14.7. The Bertz CT molecular complexity index is 958. The summed E-state index contributed by atoms with van der Waals surface area (Å²) < 4.78 is 6.97. The molecular formula is C19H15ClN4O2. The van der Waals surface area contributed by atoms with Gasteiger partial charge in [-0.1, -0.05) is 28.9 Å². The van der Waals surface area contributed by atoms with E-state index in [0.29, 0.717) is 28.8 Å². The quantitative estimate of drug-likeness (QED) is 0.489. The Hall–Kier alpha value is -3.30. The third kappa shape index (κ3) is 3.85. The van der Waals surface area contributed by atoms with Crippen LogP contribution in [0.3, 0.4) is 0 Å². The molecule has 0 bridgehead atoms. The lowest BCUT2D eigenvalue weighted by Crippen LogP contribution is -2.05. The summed E-state index contributed by atoms with van der Waals surface area (Å²) in [6.07, 6.45) is 4.95. The minimum Gasteiger partial charge on any atom is -0.495 e. The van der Waals surface area contributed by atoms with Crippen molar-refractivity contribution in [1.29, 1.82) is 5.26 Å². The Kier molecular flexibility index (Phi) is 5.52. The maximum Gasteiger partial charge on any atom is 0.158 e. The third-order valence-corrected chi connectivity index (χ3v) is 3.89. The second kappa shape index (κ2) is 8.19. The zero-order chi connectivity index (χ0) is 18.4. The van der Waals surface area contributed by atoms with Crippen LogP contribution >= 0.6 is 11.6 Å². The molecule has 0 aliphatic heterocycles. The number of aromatic nitrogens is 2. The van der Waals surface area contributed by atoms with Crippen LogP contribution in [0.25, 0.3) is 5.82 Å². The van der Waals surface area contributed by atoms with Gasteiger partial charge in [0.15, 0.2) is 5.82 Å². The summed E-state index contributed by atoms with van der Waals surface area (Å²) in [5.74, 6) is 0.934. The molecule has 3 aromatic rings. The first-order chi connectivity index (χ1) is 12.7. The van der Waals surface area contributed by atoms with Crippen LogP contribution in [0.5, 0.6) is 5.75 Å². The number of ether oxygens (including phenoxy) is 1. The number of oxime groups is 1. The van der Waals surface area contributed by atoms with Gasteiger partial charge in [0.25, 0.3) is 0 Å². The maximum absolute atomic E-state index is 9.43. The van der Waals surface area contributed by atoms with E-state index in [2.05, 4.69) is 16.2 Å². The highest BCUT2D eigenvalue weighted by molar-refractivity contribution is 6.30. The van der Waals surface area contributed by atoms with Gasteiger partial charge in [-0.05, 0) is 35.9 Å². The average Bonchev–Trinajstić information content (AvgIpc) is 3.14. The number of nitrogens with zero attached hydrogens (tertiary/aromatic N) is 4. The lowest BCUT2D eigenvalue weighted by Gasteiger charge is -2.10. The summed E-state index contributed by atoms with van der Waals surface area (Å²) in [7, 11) is 1.52. The highest BCUT2D eigenvalue weighted by Crippen LogP contribution is 2.23. The summed E-state index contributed by atoms with van der Waals surface area (Å²) in [6, 6.07) is 14.8. The van der Waals surface area contributed by atoms with Crippen molar-refractivity contribution >= 4 is 17.8 Å². The second-order valence-corrected chi connectivity index (χ2v) is 5.70. The highest BCUT2D eigenvalue weighted by Gasteiger charge is 2.13. The molecule has 0 amide bonds. The topological polar surface area (TPSA) is 72.4 Å². The van der Waals surface area contributed by atoms with Gasteiger partial charge in [-0.3, -0.25) is 4.57 Å². The van der Waals surface area contributed by atoms with E-state index in [0.717, 1.165) is 11.3 Å². The monoisotopic (exact) mass is 366 g/mol. The lowest BCUT2D eigenvalue weighted by molar-refractivity contribution is 0.132. The fourth-order valence-electron chi connectivity index (χ4n) is 2.37. The second-order valence-electron chi connectivity index (χ2n) is 5.26. The van der Waals surface area contributed by atoms with Gasteiger partial charge < -0.3 is 9.57 Å². The number of hydrogen-bond acceptors (Lipinski definition) is 5. The Morgan fingerprint density at radius 1 is 1.27 bits per heavy atom. The van der Waals surface area contributed by atoms with Gasteiger partial charge in [-0.2, -0.15) is 5.26 Å². The predicted molar refractivity (Wildman–Crippen MR) is 98.7 cm³/mol. The number of nitriles is 1. The standard InChI is InChI=1S/C19H15ClN4O2/c1-25-18-8-9-22-19(17(18)11-21)24-10-2-3-16(24)12-23-26-13-14-4-6-15(20)7-5-14/h2-10,12H,13H2,1H3/b23-12+. The van der Waals surface area contributed by atoms with E-state index in [-0.39, 0.29) is 0 Å². The first-order valence-electron chi connectivity index (χ1n) is 7.73. The molecule has 130 valence electrons. The van der Waals surface area contributed by atoms with Crippen LogP contribution in [0.1, 0.15) is 16.8 Å². The minimum atomic E-state index is 0.329. The van der Waals surface area contributed by atoms with Gasteiger partial charge in [-0.15, -0.1) is 0 Å². The molecule has 0 N–H and O–H groups in total. The minimum absolute atomic E-state index is 0.329. The molecule has 0 aliphatic carbocycles. The molecule has 0 atom stereocenters. The Morgan fingerprint density at radius 2 is 2.08 bits per heavy atom. The number of benzene rings is 1. The van der Waals surface area contributed by atoms with Crippen LogP contribution < -0.4 is 4.74 Å². The van der Waals surface area contributed by atoms with E-state index in [1.165, 1.54) is 7.11 Å². The van der Waals surface area contributed by atoms with E-state index in [1.807, 2.05) is 24.3 Å². The van der Waals surface area contributed by atoms with Crippen molar-refractivity contribution in [3.05, 3.63) is 76.7 Å². The molecule has 0 aliphatic rings. The number of rotatable bonds is 6. The molecule has 2 aromatic heterocycles. The molecule has 0 saturated heterocycles. The van der Waals surface area contributed by atoms with Crippen molar-refractivity contribution in [3.63, 3.8) is 0 Å². The molecule has 0 spiro atoms. The number of methoxy groups -OCH3 is 1. The summed E-state index contributed by atoms with van der Waals surface area (Å²) in [5, 5.41) is 14.1. The van der Waals surface area contributed by atoms with Crippen LogP contribution in [0.15, 0.2) is 60.0 Å². The van der Waals surface area contributed by atoms with Gasteiger partial charge >= 0.3 is 0 Å². The molecule has 0 fully saturated rings. The smallest absolute Gasteiger partial charge is 0.158 e. The van der Waals surface area contributed by atoms with Crippen LogP contribution in [0.2, 0.25) is 5.02 Å². The Balaban J connectivity index is 1.77. The molecular weight excluding hydrogens is 352 g/mol. The molecule has 1 aromatic carbocycles. The average molecular weight is 367 g/mol. The molecule has 3 rings (SSSR count). The highest BCUT2D eigenvalue weighted by atomic mass is 35.5. The SMILES string of the molecule is COc1ccnc(-n2cccc2/C=N/OCc2ccc(Cl)cc2)c1C#N. The molecule has 0 saturated carbocycles. The van der Waals surface area contributed by atoms with E-state index in [4.69, 9.17) is 21.2 Å². The van der Waals surface area contributed by atoms with Gasteiger partial charge in [0, 0.05) is 17.4 Å². The largest absolute Gasteiger partial charge is 0.495 e. The fraction of sp³-hybridized carbons (Fsp3) is 0.105. The number of hydrogen-bond donors (Lipinski definition) is 0. The van der Waals surface area contributed by atoms with Crippen LogP contribution in [0, 0.1) is 11.3 Å². The molecule has 0 unspecified atom stereocenters. The molecule has 2 heterocycles. The van der Waals surface area contributed by atoms with E-state index < -0.39 is 0 Å². The molecule has 26 heavy (non-hydrogen) atoms. The van der Waals surface area contributed by atoms with Crippen LogP contribution in [-0.4, -0.2) is 22.9 Å². The zero-order valence-electron chi connectivity index (χ0n) is 14.0. The van der Waals surface area contributed by atoms with Crippen molar-refractivity contribution in [2.24, 2.45) is 5.16 Å². The number of pyridine rings is 1. The van der Waals surface area contributed by atoms with Crippen molar-refractivity contribution in [2.45, 2.75) is 6.61 Å². The van der Waals surface area contributed by atoms with E-state index >= 15 is 0 Å². The van der Waals surface area contributed by atoms with Crippen molar-refractivity contribution in [3.8, 4) is 17.6 Å². The first-order valence-corrected chi connectivity index (χ1v) is 8.11. The predicted octanol–water partition coefficient (Wildman–Crippen LogP) is 3.96. The van der Waals surface area contributed by atoms with Gasteiger partial charge in [0.05, 0.1) is 19.0 Å². The third-order valence-electron chi connectivity index (χ3n) is 3.64.